The molecule has 21 N–H and O–H groups in total. The Kier molecular flexibility index (Phi) is 45.7. The predicted molar refractivity (Wildman–Crippen MR) is 500 cm³/mol. The first-order valence-corrected chi connectivity index (χ1v) is 45.6. The number of carbonyl (C=O) groups is 19. The van der Waals surface area contributed by atoms with E-state index in [2.05, 4.69) is 87.6 Å². The number of aliphatic hydroxyl groups is 1. The van der Waals surface area contributed by atoms with E-state index in [0.29, 0.717) is 34.0 Å². The van der Waals surface area contributed by atoms with E-state index in [-0.39, 0.29) is 50.2 Å². The molecular formula is C94H131N17O23S. The molecule has 1 heterocycles. The van der Waals surface area contributed by atoms with Crippen molar-refractivity contribution in [2.75, 3.05) is 31.8 Å². The van der Waals surface area contributed by atoms with Crippen LogP contribution in [0, 0.1) is 36.5 Å². The lowest BCUT2D eigenvalue weighted by molar-refractivity contribution is -0.143. The van der Waals surface area contributed by atoms with Crippen molar-refractivity contribution in [1.82, 2.24) is 79.3 Å². The van der Waals surface area contributed by atoms with Gasteiger partial charge >= 0.3 is 11.9 Å². The lowest BCUT2D eigenvalue weighted by Gasteiger charge is -2.33. The second kappa shape index (κ2) is 55.2. The Morgan fingerprint density at radius 1 is 0.474 bits per heavy atom. The number of primary amides is 2. The van der Waals surface area contributed by atoms with Crippen molar-refractivity contribution in [3.8, 4) is 16.9 Å². The van der Waals surface area contributed by atoms with Crippen molar-refractivity contribution in [2.24, 2.45) is 41.1 Å². The second-order valence-electron chi connectivity index (χ2n) is 35.2. The molecule has 1 aliphatic heterocycles. The van der Waals surface area contributed by atoms with Crippen molar-refractivity contribution >= 4 is 124 Å². The number of nitrogens with zero attached hydrogens (tertiary/aromatic N) is 1. The molecule has 1 aliphatic rings. The largest absolute Gasteiger partial charge is 0.482 e. The first-order valence-electron chi connectivity index (χ1n) is 44.5. The van der Waals surface area contributed by atoms with Gasteiger partial charge in [0.15, 0.2) is 6.61 Å². The number of nitrogens with two attached hydrogens (primary N) is 2. The summed E-state index contributed by atoms with van der Waals surface area (Å²) in [5, 5.41) is 66.1. The molecule has 0 spiro atoms. The van der Waals surface area contributed by atoms with E-state index in [1.165, 1.54) is 64.2 Å². The van der Waals surface area contributed by atoms with Crippen molar-refractivity contribution in [1.29, 1.82) is 0 Å². The summed E-state index contributed by atoms with van der Waals surface area (Å²) >= 11 is 0.656. The van der Waals surface area contributed by atoms with Gasteiger partial charge in [0, 0.05) is 32.1 Å². The molecular weight excluding hydrogens is 1770 g/mol. The molecule has 736 valence electrons. The van der Waals surface area contributed by atoms with E-state index in [1.807, 2.05) is 30.3 Å². The van der Waals surface area contributed by atoms with Crippen LogP contribution in [0.3, 0.4) is 0 Å². The Morgan fingerprint density at radius 2 is 0.896 bits per heavy atom. The van der Waals surface area contributed by atoms with E-state index in [4.69, 9.17) is 16.2 Å². The number of thioether (sulfide) groups is 1. The monoisotopic (exact) mass is 1900 g/mol. The molecule has 0 radical (unpaired) electrons. The maximum Gasteiger partial charge on any atom is 0.341 e. The quantitative estimate of drug-likeness (QED) is 0.0305. The molecule has 1 saturated heterocycles. The summed E-state index contributed by atoms with van der Waals surface area (Å²) in [6.07, 6.45) is -1.58. The van der Waals surface area contributed by atoms with Gasteiger partial charge in [-0.25, -0.2) is 4.79 Å². The van der Waals surface area contributed by atoms with E-state index >= 15 is 19.2 Å². The third-order valence-corrected chi connectivity index (χ3v) is 22.6. The number of aryl methyl sites for hydroxylation is 1. The number of rotatable bonds is 30. The summed E-state index contributed by atoms with van der Waals surface area (Å²) in [4.78, 5) is 272. The topological polar surface area (TPSA) is 618 Å². The molecule has 41 heteroatoms. The van der Waals surface area contributed by atoms with Crippen LogP contribution in [0.4, 0.5) is 0 Å². The van der Waals surface area contributed by atoms with E-state index in [0.717, 1.165) is 16.0 Å². The van der Waals surface area contributed by atoms with Crippen molar-refractivity contribution in [2.45, 2.75) is 238 Å². The zero-order valence-corrected chi connectivity index (χ0v) is 79.2. The van der Waals surface area contributed by atoms with Crippen LogP contribution < -0.4 is 90.6 Å². The number of carboxylic acids is 2. The Balaban J connectivity index is 1.69. The highest BCUT2D eigenvalue weighted by Crippen LogP contribution is 2.23. The van der Waals surface area contributed by atoms with Gasteiger partial charge in [-0.3, -0.25) is 86.3 Å². The minimum absolute atomic E-state index is 0.0777. The van der Waals surface area contributed by atoms with Gasteiger partial charge in [-0.2, -0.15) is 0 Å². The number of likely N-dealkylation sites (N-methyl/N-ethyl adjacent to an activating group) is 1. The third-order valence-electron chi connectivity index (χ3n) is 21.6. The number of nitrogens with one attached hydrogen (secondary N) is 14. The summed E-state index contributed by atoms with van der Waals surface area (Å²) in [7, 11) is 1.27. The number of carbonyl (C=O) groups excluding carboxylic acids is 17. The SMILES string of the molecule is C=CC[C@H](NC(=O)C1CSCC(=O)N[C@@H](Cc2ccc(OCC(=O)O)cc2)C(=O)N[C@@H](CC=C)C(=O)N[C@@H](CC(=O)O)C(=O)N[C@@H](Cc2cccc(C)c2)C(=O)N[C@@H](CC(C)C)C(=O)N[C@@H](Cc2ccc(-c3ccccc3)cc2)C(=O)N[C@@H](C(C)C)C(=O)N(C)[C@@H](C)C(=O)N[C@H](CC(C)C)C(=O)N[C@@H](CC(N)=O)C(=O)N[C@@H](CC(C)C)C(=O)N[C@@H](C(C)C)C(=O)N[C@@H](CO)C(=O)N1)C(N)=O. The smallest absolute Gasteiger partial charge is 0.341 e. The van der Waals surface area contributed by atoms with Crippen LogP contribution in [0.2, 0.25) is 0 Å². The van der Waals surface area contributed by atoms with Crippen LogP contribution in [0.5, 0.6) is 5.75 Å². The molecule has 0 saturated carbocycles. The highest BCUT2D eigenvalue weighted by Gasteiger charge is 2.41. The van der Waals surface area contributed by atoms with E-state index in [1.54, 1.807) is 111 Å². The lowest BCUT2D eigenvalue weighted by atomic mass is 9.97. The standard InChI is InChI=1S/C94H131N17O23S/c1-16-22-62(80(96)119)98-92(131)73-47-135-48-75(114)97-67(40-57-30-34-61(35-31-57)134-46-77(117)118)85(124)99-63(23-17-2)82(121)106-71(44-76(115)116)88(127)104-69(42-58-25-21-24-54(13)39-58)86(125)101-65(37-50(5)6)84(123)103-68(41-56-28-32-60(33-29-56)59-26-19-18-20-27-59)90(129)110-79(53(11)12)94(133)111(15)55(14)81(120)100-64(36-49(3)4)83(122)105-70(43-74(95)113)87(126)102-66(38-51(7)8)89(128)109-78(52(9)10)93(132)107-72(45-112)91(130)108-73/h16-21,24-35,39,49-53,55,62-73,78-79,112H,1-2,22-23,36-38,40-48H2,3-15H3,(H2,95,113)(H2,96,119)(H,97,114)(H,98,131)(H,99,124)(H,100,120)(H,101,125)(H,102,126)(H,103,123)(H,104,127)(H,105,122)(H,106,121)(H,107,132)(H,108,130)(H,109,128)(H,110,129)(H,115,116)(H,117,118)/t55-,62-,63-,64+,65-,66-,67-,68-,69-,70-,71-,72-,73?,78-,79-/m0/s1. The fourth-order valence-electron chi connectivity index (χ4n) is 14.2. The highest BCUT2D eigenvalue weighted by molar-refractivity contribution is 8.00. The first-order chi connectivity index (χ1) is 63.6. The third kappa shape index (κ3) is 37.8. The van der Waals surface area contributed by atoms with Gasteiger partial charge in [0.25, 0.3) is 0 Å². The minimum Gasteiger partial charge on any atom is -0.482 e. The summed E-state index contributed by atoms with van der Waals surface area (Å²) < 4.78 is 5.28. The van der Waals surface area contributed by atoms with Crippen LogP contribution in [0.1, 0.15) is 143 Å². The van der Waals surface area contributed by atoms with Gasteiger partial charge in [0.1, 0.15) is 96.4 Å². The lowest BCUT2D eigenvalue weighted by Crippen LogP contribution is -2.62. The van der Waals surface area contributed by atoms with Crippen molar-refractivity contribution in [3.63, 3.8) is 0 Å². The van der Waals surface area contributed by atoms with Crippen LogP contribution in [0.15, 0.2) is 128 Å². The second-order valence-corrected chi connectivity index (χ2v) is 36.2. The molecule has 0 bridgehead atoms. The van der Waals surface area contributed by atoms with Gasteiger partial charge < -0.3 is 111 Å². The number of hydrogen-bond acceptors (Lipinski definition) is 22. The normalized spacial score (nSPS) is 23.3. The summed E-state index contributed by atoms with van der Waals surface area (Å²) in [5.74, 6) is -24.7. The summed E-state index contributed by atoms with van der Waals surface area (Å²) in [5.41, 5.74) is 14.9. The molecule has 15 atom stereocenters. The number of aliphatic carboxylic acids is 2. The van der Waals surface area contributed by atoms with Crippen molar-refractivity contribution in [3.05, 3.63) is 151 Å². The number of ether oxygens (including phenoxy) is 1. The maximum atomic E-state index is 15.3. The van der Waals surface area contributed by atoms with Crippen LogP contribution in [0.25, 0.3) is 11.1 Å². The molecule has 40 nitrogen and oxygen atoms in total. The minimum atomic E-state index is -2.05. The number of amides is 17. The van der Waals surface area contributed by atoms with Crippen molar-refractivity contribution < 1.29 is 111 Å². The van der Waals surface area contributed by atoms with Gasteiger partial charge in [-0.15, -0.1) is 24.9 Å². The summed E-state index contributed by atoms with van der Waals surface area (Å²) in [6, 6.07) is 3.91. The first kappa shape index (κ1) is 112. The van der Waals surface area contributed by atoms with E-state index < -0.39 is 277 Å². The molecule has 0 aliphatic carbocycles. The Hall–Kier alpha value is -13.6. The average Bonchev–Trinajstić information content (AvgIpc) is 0.812. The summed E-state index contributed by atoms with van der Waals surface area (Å²) in [6.45, 7) is 24.9. The zero-order chi connectivity index (χ0) is 101. The molecule has 4 aromatic carbocycles. The van der Waals surface area contributed by atoms with Gasteiger partial charge in [-0.05, 0) is 115 Å². The van der Waals surface area contributed by atoms with Gasteiger partial charge in [0.05, 0.1) is 25.2 Å². The average molecular weight is 1900 g/mol. The van der Waals surface area contributed by atoms with Crippen LogP contribution >= 0.6 is 11.8 Å². The molecule has 1 unspecified atom stereocenters. The molecule has 135 heavy (non-hydrogen) atoms. The van der Waals surface area contributed by atoms with Crippen LogP contribution in [-0.2, 0) is 110 Å². The van der Waals surface area contributed by atoms with Gasteiger partial charge in [-0.1, -0.05) is 178 Å². The fraction of sp³-hybridized carbons (Fsp3) is 0.500. The fourth-order valence-corrected chi connectivity index (χ4v) is 15.1. The Labute approximate surface area is 789 Å². The number of hydrogen-bond donors (Lipinski definition) is 19. The predicted octanol–water partition coefficient (Wildman–Crippen LogP) is -0.0356. The Morgan fingerprint density at radius 3 is 1.37 bits per heavy atom. The molecule has 17 amide bonds. The number of benzene rings is 4. The zero-order valence-electron chi connectivity index (χ0n) is 78.3. The number of aliphatic hydroxyl groups excluding tert-OH is 1. The molecule has 1 fully saturated rings. The molecule has 0 aromatic heterocycles. The Bertz CT molecular complexity index is 4840. The van der Waals surface area contributed by atoms with E-state index in [9.17, 15) is 87.2 Å². The highest BCUT2D eigenvalue weighted by atomic mass is 32.2. The molecule has 4 aromatic rings. The maximum absolute atomic E-state index is 15.3. The van der Waals surface area contributed by atoms with Gasteiger partial charge in [0.2, 0.25) is 100 Å². The number of carboxylic acid groups (broad SMARTS) is 2. The van der Waals surface area contributed by atoms with Crippen LogP contribution in [-0.4, -0.2) is 255 Å². The molecule has 5 rings (SSSR count).